The molecule has 0 amide bonds. The second kappa shape index (κ2) is 8.81. The van der Waals surface area contributed by atoms with Gasteiger partial charge >= 0.3 is 0 Å². The van der Waals surface area contributed by atoms with E-state index < -0.39 is 5.54 Å². The predicted molar refractivity (Wildman–Crippen MR) is 111 cm³/mol. The summed E-state index contributed by atoms with van der Waals surface area (Å²) in [6.45, 7) is 6.64. The van der Waals surface area contributed by atoms with Crippen molar-refractivity contribution >= 4 is 11.5 Å². The first-order chi connectivity index (χ1) is 12.4. The first-order valence-electron chi connectivity index (χ1n) is 9.13. The second-order valence-electron chi connectivity index (χ2n) is 6.99. The molecule has 0 N–H and O–H groups in total. The van der Waals surface area contributed by atoms with Crippen LogP contribution in [0, 0.1) is 0 Å². The molecular formula is C23H30N2O. The summed E-state index contributed by atoms with van der Waals surface area (Å²) in [7, 11) is 6.01. The van der Waals surface area contributed by atoms with Crippen LogP contribution >= 0.6 is 0 Å². The van der Waals surface area contributed by atoms with E-state index in [-0.39, 0.29) is 5.78 Å². The smallest absolute Gasteiger partial charge is 0.183 e. The van der Waals surface area contributed by atoms with Crippen LogP contribution in [0.1, 0.15) is 29.3 Å². The molecule has 0 saturated heterocycles. The Hall–Kier alpha value is -2.39. The molecular weight excluding hydrogens is 320 g/mol. The van der Waals surface area contributed by atoms with Gasteiger partial charge in [-0.05, 0) is 56.8 Å². The standard InChI is InChI=1S/C23H30N2O/c1-6-17-25(5)21-15-13-20(14-16-21)22(26)23(7-2,24(3)4)18-19-11-9-8-10-12-19/h6,8-16H,1,7,17-18H2,2-5H3. The molecule has 3 heteroatoms. The van der Waals surface area contributed by atoms with Crippen LogP contribution in [0.15, 0.2) is 67.3 Å². The molecule has 2 aromatic rings. The molecule has 0 saturated carbocycles. The number of hydrogen-bond donors (Lipinski definition) is 0. The van der Waals surface area contributed by atoms with E-state index in [9.17, 15) is 4.79 Å². The van der Waals surface area contributed by atoms with Gasteiger partial charge in [0.05, 0.1) is 5.54 Å². The lowest BCUT2D eigenvalue weighted by molar-refractivity contribution is 0.0666. The van der Waals surface area contributed by atoms with Crippen LogP contribution in [-0.4, -0.2) is 43.9 Å². The Balaban J connectivity index is 2.33. The highest BCUT2D eigenvalue weighted by molar-refractivity contribution is 6.03. The van der Waals surface area contributed by atoms with Crippen LogP contribution in [0.25, 0.3) is 0 Å². The van der Waals surface area contributed by atoms with E-state index in [0.29, 0.717) is 6.42 Å². The van der Waals surface area contributed by atoms with Gasteiger partial charge in [-0.3, -0.25) is 9.69 Å². The summed E-state index contributed by atoms with van der Waals surface area (Å²) in [5.74, 6) is 0.173. The summed E-state index contributed by atoms with van der Waals surface area (Å²) in [6, 6.07) is 18.1. The fraction of sp³-hybridized carbons (Fsp3) is 0.348. The number of Topliss-reactive ketones (excluding diaryl/α,β-unsaturated/α-hetero) is 1. The van der Waals surface area contributed by atoms with Gasteiger partial charge in [0, 0.05) is 24.8 Å². The van der Waals surface area contributed by atoms with Gasteiger partial charge in [0.2, 0.25) is 0 Å². The number of ketones is 1. The quantitative estimate of drug-likeness (QED) is 0.493. The predicted octanol–water partition coefficient (Wildman–Crippen LogP) is 4.44. The molecule has 0 spiro atoms. The third-order valence-electron chi connectivity index (χ3n) is 5.18. The molecule has 0 fully saturated rings. The van der Waals surface area contributed by atoms with Gasteiger partial charge in [-0.25, -0.2) is 0 Å². The molecule has 2 rings (SSSR count). The molecule has 26 heavy (non-hydrogen) atoms. The van der Waals surface area contributed by atoms with Crippen LogP contribution in [0.4, 0.5) is 5.69 Å². The van der Waals surface area contributed by atoms with Crippen molar-refractivity contribution in [3.05, 3.63) is 78.4 Å². The molecule has 1 atom stereocenters. The third-order valence-corrected chi connectivity index (χ3v) is 5.18. The lowest BCUT2D eigenvalue weighted by atomic mass is 9.80. The molecule has 0 aliphatic rings. The van der Waals surface area contributed by atoms with Crippen molar-refractivity contribution in [3.63, 3.8) is 0 Å². The Bertz CT molecular complexity index is 722. The van der Waals surface area contributed by atoms with E-state index >= 15 is 0 Å². The molecule has 0 aromatic heterocycles. The van der Waals surface area contributed by atoms with Crippen LogP contribution in [-0.2, 0) is 6.42 Å². The second-order valence-corrected chi connectivity index (χ2v) is 6.99. The zero-order valence-electron chi connectivity index (χ0n) is 16.4. The highest BCUT2D eigenvalue weighted by atomic mass is 16.1. The molecule has 0 heterocycles. The molecule has 138 valence electrons. The highest BCUT2D eigenvalue weighted by Gasteiger charge is 2.39. The van der Waals surface area contributed by atoms with E-state index in [1.165, 1.54) is 5.56 Å². The molecule has 2 aromatic carbocycles. The number of likely N-dealkylation sites (N-methyl/N-ethyl adjacent to an activating group) is 2. The number of benzene rings is 2. The van der Waals surface area contributed by atoms with Crippen molar-refractivity contribution in [1.29, 1.82) is 0 Å². The maximum Gasteiger partial charge on any atom is 0.183 e. The van der Waals surface area contributed by atoms with E-state index in [4.69, 9.17) is 0 Å². The van der Waals surface area contributed by atoms with E-state index in [2.05, 4.69) is 35.4 Å². The van der Waals surface area contributed by atoms with Crippen molar-refractivity contribution in [2.24, 2.45) is 0 Å². The van der Waals surface area contributed by atoms with Crippen molar-refractivity contribution < 1.29 is 4.79 Å². The Kier molecular flexibility index (Phi) is 6.76. The number of rotatable bonds is 9. The van der Waals surface area contributed by atoms with Gasteiger partial charge in [0.15, 0.2) is 5.78 Å². The number of hydrogen-bond acceptors (Lipinski definition) is 3. The average Bonchev–Trinajstić information content (AvgIpc) is 2.66. The van der Waals surface area contributed by atoms with Gasteiger partial charge in [-0.15, -0.1) is 6.58 Å². The zero-order chi connectivity index (χ0) is 19.2. The van der Waals surface area contributed by atoms with Gasteiger partial charge in [0.1, 0.15) is 0 Å². The van der Waals surface area contributed by atoms with Gasteiger partial charge in [0.25, 0.3) is 0 Å². The zero-order valence-corrected chi connectivity index (χ0v) is 16.4. The van der Waals surface area contributed by atoms with Crippen molar-refractivity contribution in [2.75, 3.05) is 32.6 Å². The largest absolute Gasteiger partial charge is 0.371 e. The summed E-state index contributed by atoms with van der Waals surface area (Å²) in [5.41, 5.74) is 2.47. The molecule has 0 bridgehead atoms. The van der Waals surface area contributed by atoms with Crippen molar-refractivity contribution in [1.82, 2.24) is 4.90 Å². The molecule has 0 aliphatic heterocycles. The van der Waals surface area contributed by atoms with E-state index in [0.717, 1.165) is 24.2 Å². The van der Waals surface area contributed by atoms with Gasteiger partial charge in [-0.2, -0.15) is 0 Å². The Labute approximate surface area is 157 Å². The van der Waals surface area contributed by atoms with Crippen molar-refractivity contribution in [2.45, 2.75) is 25.3 Å². The average molecular weight is 351 g/mol. The minimum atomic E-state index is -0.546. The van der Waals surface area contributed by atoms with Gasteiger partial charge < -0.3 is 4.90 Å². The molecule has 3 nitrogen and oxygen atoms in total. The van der Waals surface area contributed by atoms with Crippen LogP contribution < -0.4 is 4.90 Å². The molecule has 0 radical (unpaired) electrons. The minimum Gasteiger partial charge on any atom is -0.371 e. The SMILES string of the molecule is C=CCN(C)c1ccc(C(=O)C(CC)(Cc2ccccc2)N(C)C)cc1. The normalized spacial score (nSPS) is 13.3. The highest BCUT2D eigenvalue weighted by Crippen LogP contribution is 2.28. The van der Waals surface area contributed by atoms with Crippen molar-refractivity contribution in [3.8, 4) is 0 Å². The summed E-state index contributed by atoms with van der Waals surface area (Å²) in [5, 5.41) is 0. The topological polar surface area (TPSA) is 23.6 Å². The van der Waals surface area contributed by atoms with E-state index in [1.54, 1.807) is 0 Å². The maximum atomic E-state index is 13.5. The van der Waals surface area contributed by atoms with Crippen LogP contribution in [0.3, 0.4) is 0 Å². The number of carbonyl (C=O) groups excluding carboxylic acids is 1. The number of carbonyl (C=O) groups is 1. The lowest BCUT2D eigenvalue weighted by Gasteiger charge is -2.38. The fourth-order valence-electron chi connectivity index (χ4n) is 3.41. The molecule has 0 aliphatic carbocycles. The van der Waals surface area contributed by atoms with E-state index in [1.807, 2.05) is 69.7 Å². The Morgan fingerprint density at radius 1 is 1.04 bits per heavy atom. The number of anilines is 1. The Morgan fingerprint density at radius 3 is 2.15 bits per heavy atom. The first-order valence-corrected chi connectivity index (χ1v) is 9.13. The fourth-order valence-corrected chi connectivity index (χ4v) is 3.41. The number of nitrogens with zero attached hydrogens (tertiary/aromatic N) is 2. The summed E-state index contributed by atoms with van der Waals surface area (Å²) in [6.07, 6.45) is 3.33. The van der Waals surface area contributed by atoms with Crippen LogP contribution in [0.5, 0.6) is 0 Å². The monoisotopic (exact) mass is 350 g/mol. The summed E-state index contributed by atoms with van der Waals surface area (Å²) >= 11 is 0. The lowest BCUT2D eigenvalue weighted by Crippen LogP contribution is -2.52. The minimum absolute atomic E-state index is 0.173. The maximum absolute atomic E-state index is 13.5. The molecule has 1 unspecified atom stereocenters. The third kappa shape index (κ3) is 4.23. The first kappa shape index (κ1) is 19.9. The Morgan fingerprint density at radius 2 is 1.65 bits per heavy atom. The van der Waals surface area contributed by atoms with Gasteiger partial charge in [-0.1, -0.05) is 43.3 Å². The van der Waals surface area contributed by atoms with Crippen LogP contribution in [0.2, 0.25) is 0 Å². The summed E-state index contributed by atoms with van der Waals surface area (Å²) in [4.78, 5) is 17.7. The summed E-state index contributed by atoms with van der Waals surface area (Å²) < 4.78 is 0.